The van der Waals surface area contributed by atoms with Crippen molar-refractivity contribution in [3.8, 4) is 11.5 Å². The first kappa shape index (κ1) is 18.7. The van der Waals surface area contributed by atoms with E-state index in [1.807, 2.05) is 67.5 Å². The highest BCUT2D eigenvalue weighted by molar-refractivity contribution is 5.97. The van der Waals surface area contributed by atoms with Crippen LogP contribution >= 0.6 is 0 Å². The zero-order chi connectivity index (χ0) is 21.3. The van der Waals surface area contributed by atoms with Crippen molar-refractivity contribution in [1.29, 1.82) is 0 Å². The number of ether oxygens (including phenoxy) is 2. The van der Waals surface area contributed by atoms with E-state index in [1.54, 1.807) is 0 Å². The number of benzene rings is 3. The number of rotatable bonds is 1. The molecule has 0 radical (unpaired) electrons. The maximum Gasteiger partial charge on any atom is 0.340 e. The molecule has 0 aliphatic carbocycles. The quantitative estimate of drug-likeness (QED) is 0.498. The number of fused-ring (bicyclic) bond motifs is 6. The van der Waals surface area contributed by atoms with Crippen molar-refractivity contribution < 1.29 is 14.3 Å². The van der Waals surface area contributed by atoms with E-state index < -0.39 is 5.60 Å². The van der Waals surface area contributed by atoms with Gasteiger partial charge in [-0.15, -0.1) is 0 Å². The summed E-state index contributed by atoms with van der Waals surface area (Å²) in [4.78, 5) is 14.9. The zero-order valence-corrected chi connectivity index (χ0v) is 17.9. The third-order valence-corrected chi connectivity index (χ3v) is 6.08. The molecule has 3 aromatic rings. The Morgan fingerprint density at radius 3 is 2.20 bits per heavy atom. The minimum absolute atomic E-state index is 0.0262. The Labute approximate surface area is 177 Å². The van der Waals surface area contributed by atoms with Crippen LogP contribution in [0.3, 0.4) is 0 Å². The molecule has 0 amide bonds. The first-order chi connectivity index (χ1) is 14.2. The molecule has 0 aromatic heterocycles. The molecule has 1 unspecified atom stereocenters. The Morgan fingerprint density at radius 1 is 0.833 bits per heavy atom. The molecule has 4 nitrogen and oxygen atoms in total. The Kier molecular flexibility index (Phi) is 3.82. The van der Waals surface area contributed by atoms with E-state index in [9.17, 15) is 4.79 Å². The summed E-state index contributed by atoms with van der Waals surface area (Å²) in [6.45, 7) is 6.53. The summed E-state index contributed by atoms with van der Waals surface area (Å²) in [6.07, 6.45) is 0. The minimum Gasteiger partial charge on any atom is -0.456 e. The summed E-state index contributed by atoms with van der Waals surface area (Å²) in [5.74, 6) is 1.14. The van der Waals surface area contributed by atoms with E-state index in [1.165, 1.54) is 5.56 Å². The van der Waals surface area contributed by atoms with Crippen LogP contribution < -0.4 is 9.64 Å². The molecule has 0 saturated heterocycles. The van der Waals surface area contributed by atoms with Gasteiger partial charge in [0.15, 0.2) is 5.60 Å². The minimum atomic E-state index is -1.00. The Hall–Kier alpha value is -3.27. The van der Waals surface area contributed by atoms with Crippen molar-refractivity contribution in [3.05, 3.63) is 88.5 Å². The van der Waals surface area contributed by atoms with Crippen LogP contribution in [0.2, 0.25) is 0 Å². The predicted octanol–water partition coefficient (Wildman–Crippen LogP) is 5.62. The van der Waals surface area contributed by atoms with Gasteiger partial charge in [-0.05, 0) is 35.2 Å². The van der Waals surface area contributed by atoms with E-state index in [2.05, 4.69) is 32.9 Å². The van der Waals surface area contributed by atoms with Gasteiger partial charge in [-0.1, -0.05) is 51.1 Å². The maximum atomic E-state index is 12.9. The molecule has 2 heterocycles. The van der Waals surface area contributed by atoms with E-state index in [0.29, 0.717) is 11.3 Å². The molecule has 0 saturated carbocycles. The first-order valence-corrected chi connectivity index (χ1v) is 10.2. The van der Waals surface area contributed by atoms with Crippen LogP contribution in [-0.2, 0) is 15.8 Å². The Morgan fingerprint density at radius 2 is 1.50 bits per heavy atom. The largest absolute Gasteiger partial charge is 0.456 e. The van der Waals surface area contributed by atoms with Crippen molar-refractivity contribution in [2.45, 2.75) is 31.8 Å². The summed E-state index contributed by atoms with van der Waals surface area (Å²) in [6, 6.07) is 19.9. The van der Waals surface area contributed by atoms with Crippen molar-refractivity contribution >= 4 is 11.7 Å². The zero-order valence-electron chi connectivity index (χ0n) is 17.9. The number of nitrogens with zero attached hydrogens (tertiary/aromatic N) is 1. The predicted molar refractivity (Wildman–Crippen MR) is 118 cm³/mol. The van der Waals surface area contributed by atoms with Gasteiger partial charge in [-0.2, -0.15) is 0 Å². The van der Waals surface area contributed by atoms with Gasteiger partial charge in [0.05, 0.1) is 5.56 Å². The molecule has 3 aromatic carbocycles. The number of esters is 1. The molecule has 30 heavy (non-hydrogen) atoms. The average molecular weight is 399 g/mol. The van der Waals surface area contributed by atoms with E-state index in [-0.39, 0.29) is 11.4 Å². The fourth-order valence-electron chi connectivity index (χ4n) is 4.41. The van der Waals surface area contributed by atoms with Crippen LogP contribution in [0.25, 0.3) is 0 Å². The van der Waals surface area contributed by atoms with E-state index >= 15 is 0 Å². The number of hydrogen-bond acceptors (Lipinski definition) is 4. The Balaban J connectivity index is 1.83. The molecule has 0 bridgehead atoms. The molecule has 1 atom stereocenters. The molecule has 4 heteroatoms. The van der Waals surface area contributed by atoms with Crippen molar-refractivity contribution in [2.24, 2.45) is 0 Å². The molecule has 1 spiro atoms. The fourth-order valence-corrected chi connectivity index (χ4v) is 4.41. The monoisotopic (exact) mass is 399 g/mol. The molecule has 2 aliphatic heterocycles. The summed E-state index contributed by atoms with van der Waals surface area (Å²) >= 11 is 0. The second-order valence-electron chi connectivity index (χ2n) is 9.25. The number of anilines is 1. The second kappa shape index (κ2) is 6.11. The normalized spacial score (nSPS) is 18.9. The van der Waals surface area contributed by atoms with Crippen LogP contribution in [-0.4, -0.2) is 20.1 Å². The van der Waals surface area contributed by atoms with E-state index in [0.717, 1.165) is 28.1 Å². The topological polar surface area (TPSA) is 38.8 Å². The lowest BCUT2D eigenvalue weighted by Gasteiger charge is -2.37. The number of carbonyl (C=O) groups is 1. The van der Waals surface area contributed by atoms with Crippen LogP contribution in [0.5, 0.6) is 11.5 Å². The summed E-state index contributed by atoms with van der Waals surface area (Å²) in [5.41, 5.74) is 4.34. The maximum absolute atomic E-state index is 12.9. The molecule has 2 aliphatic rings. The lowest BCUT2D eigenvalue weighted by Crippen LogP contribution is -2.33. The van der Waals surface area contributed by atoms with Gasteiger partial charge in [0.1, 0.15) is 11.5 Å². The van der Waals surface area contributed by atoms with Gasteiger partial charge in [0.25, 0.3) is 0 Å². The van der Waals surface area contributed by atoms with Gasteiger partial charge in [0, 0.05) is 42.5 Å². The van der Waals surface area contributed by atoms with Crippen LogP contribution in [0.4, 0.5) is 5.69 Å². The molecule has 5 rings (SSSR count). The van der Waals surface area contributed by atoms with Gasteiger partial charge in [0.2, 0.25) is 0 Å². The van der Waals surface area contributed by atoms with Gasteiger partial charge >= 0.3 is 5.97 Å². The smallest absolute Gasteiger partial charge is 0.340 e. The number of hydrogen-bond donors (Lipinski definition) is 0. The highest BCUT2D eigenvalue weighted by Crippen LogP contribution is 2.56. The standard InChI is InChI=1S/C26H25NO3/c1-25(2,3)16-10-12-20-22(14-16)29-23-15-17(27(4)5)11-13-21(23)26(20)19-9-7-6-8-18(19)24(28)30-26/h6-15H,1-5H3. The highest BCUT2D eigenvalue weighted by atomic mass is 16.6. The lowest BCUT2D eigenvalue weighted by atomic mass is 9.76. The fraction of sp³-hybridized carbons (Fsp3) is 0.269. The number of carbonyl (C=O) groups excluding carboxylic acids is 1. The van der Waals surface area contributed by atoms with Crippen molar-refractivity contribution in [1.82, 2.24) is 0 Å². The average Bonchev–Trinajstić information content (AvgIpc) is 3.00. The molecule has 0 N–H and O–H groups in total. The van der Waals surface area contributed by atoms with Crippen molar-refractivity contribution in [2.75, 3.05) is 19.0 Å². The van der Waals surface area contributed by atoms with Crippen LogP contribution in [0, 0.1) is 0 Å². The van der Waals surface area contributed by atoms with Gasteiger partial charge in [-0.25, -0.2) is 4.79 Å². The molecular formula is C26H25NO3. The summed E-state index contributed by atoms with van der Waals surface area (Å²) in [5, 5.41) is 0. The molecule has 0 fully saturated rings. The highest BCUT2D eigenvalue weighted by Gasteiger charge is 2.53. The van der Waals surface area contributed by atoms with E-state index in [4.69, 9.17) is 9.47 Å². The first-order valence-electron chi connectivity index (χ1n) is 10.2. The second-order valence-corrected chi connectivity index (χ2v) is 9.25. The summed E-state index contributed by atoms with van der Waals surface area (Å²) < 4.78 is 12.6. The van der Waals surface area contributed by atoms with Gasteiger partial charge < -0.3 is 14.4 Å². The lowest BCUT2D eigenvalue weighted by molar-refractivity contribution is 0.0224. The molecular weight excluding hydrogens is 374 g/mol. The van der Waals surface area contributed by atoms with Crippen molar-refractivity contribution in [3.63, 3.8) is 0 Å². The Bertz CT molecular complexity index is 1190. The third kappa shape index (κ3) is 2.49. The van der Waals surface area contributed by atoms with Crippen LogP contribution in [0.1, 0.15) is 53.4 Å². The van der Waals surface area contributed by atoms with Gasteiger partial charge in [-0.3, -0.25) is 0 Å². The molecule has 152 valence electrons. The summed E-state index contributed by atoms with van der Waals surface area (Å²) in [7, 11) is 3.99. The SMILES string of the molecule is CN(C)c1ccc2c(c1)Oc1cc(C(C)(C)C)ccc1C21OC(=O)c2ccccc21. The third-order valence-electron chi connectivity index (χ3n) is 6.08. The van der Waals surface area contributed by atoms with Crippen LogP contribution in [0.15, 0.2) is 60.7 Å².